The van der Waals surface area contributed by atoms with E-state index in [0.29, 0.717) is 39.9 Å². The van der Waals surface area contributed by atoms with Gasteiger partial charge in [0.05, 0.1) is 29.1 Å². The summed E-state index contributed by atoms with van der Waals surface area (Å²) >= 11 is 12.2. The van der Waals surface area contributed by atoms with E-state index < -0.39 is 12.0 Å². The van der Waals surface area contributed by atoms with Crippen LogP contribution in [0.25, 0.3) is 0 Å². The number of amides is 2. The molecule has 0 aliphatic carbocycles. The molecule has 2 aliphatic heterocycles. The van der Waals surface area contributed by atoms with Gasteiger partial charge < -0.3 is 26.0 Å². The Kier molecular flexibility index (Phi) is 7.22. The first-order valence-electron chi connectivity index (χ1n) is 11.9. The largest absolute Gasteiger partial charge is 0.481 e. The Labute approximate surface area is 228 Å². The fourth-order valence-corrected chi connectivity index (χ4v) is 4.81. The van der Waals surface area contributed by atoms with Crippen LogP contribution in [0, 0.1) is 0 Å². The van der Waals surface area contributed by atoms with Crippen LogP contribution in [0.4, 0.5) is 11.4 Å². The summed E-state index contributed by atoms with van der Waals surface area (Å²) in [7, 11) is 0. The molecule has 0 fully saturated rings. The molecule has 0 radical (unpaired) electrons. The van der Waals surface area contributed by atoms with E-state index in [0.717, 1.165) is 17.8 Å². The summed E-state index contributed by atoms with van der Waals surface area (Å²) in [5.41, 5.74) is 3.32. The number of rotatable bonds is 7. The lowest BCUT2D eigenvalue weighted by Crippen LogP contribution is -2.31. The molecule has 0 saturated carbocycles. The van der Waals surface area contributed by atoms with Gasteiger partial charge in [-0.25, -0.2) is 0 Å². The van der Waals surface area contributed by atoms with Gasteiger partial charge in [-0.2, -0.15) is 0 Å². The van der Waals surface area contributed by atoms with Crippen LogP contribution in [0.2, 0.25) is 10.0 Å². The molecule has 0 bridgehead atoms. The van der Waals surface area contributed by atoms with Crippen LogP contribution >= 0.6 is 23.2 Å². The number of halogens is 2. The number of aliphatic imine (C=N–C) groups is 1. The highest BCUT2D eigenvalue weighted by atomic mass is 35.5. The molecule has 2 aliphatic rings. The van der Waals surface area contributed by atoms with Gasteiger partial charge in [0.15, 0.2) is 5.96 Å². The highest BCUT2D eigenvalue weighted by Gasteiger charge is 2.35. The highest BCUT2D eigenvalue weighted by Crippen LogP contribution is 2.36. The molecule has 1 atom stereocenters. The zero-order chi connectivity index (χ0) is 26.8. The first-order chi connectivity index (χ1) is 18.3. The Morgan fingerprint density at radius 3 is 2.63 bits per heavy atom. The predicted molar refractivity (Wildman–Crippen MR) is 146 cm³/mol. The van der Waals surface area contributed by atoms with Gasteiger partial charge in [0, 0.05) is 35.6 Å². The van der Waals surface area contributed by atoms with Gasteiger partial charge in [0.1, 0.15) is 0 Å². The zero-order valence-corrected chi connectivity index (χ0v) is 21.5. The SMILES string of the molecule is O=C(O)CC(c1ccc(Cl)c(Cl)c1)N1Cc2ccc(NC(=O)c3cccc(NC4=NCCN4)c3)cc2C1=O. The minimum absolute atomic E-state index is 0.228. The number of hydrogen-bond acceptors (Lipinski definition) is 6. The minimum Gasteiger partial charge on any atom is -0.481 e. The molecule has 0 saturated heterocycles. The van der Waals surface area contributed by atoms with Crippen LogP contribution in [0.1, 0.15) is 44.3 Å². The second-order valence-corrected chi connectivity index (χ2v) is 9.72. The van der Waals surface area contributed by atoms with Crippen LogP contribution in [0.15, 0.2) is 65.7 Å². The molecule has 2 amide bonds. The molecular formula is C27H23Cl2N5O4. The summed E-state index contributed by atoms with van der Waals surface area (Å²) in [5, 5.41) is 19.2. The van der Waals surface area contributed by atoms with Crippen LogP contribution in [-0.2, 0) is 11.3 Å². The molecule has 38 heavy (non-hydrogen) atoms. The van der Waals surface area contributed by atoms with Crippen molar-refractivity contribution in [2.45, 2.75) is 19.0 Å². The summed E-state index contributed by atoms with van der Waals surface area (Å²) < 4.78 is 0. The molecule has 0 aromatic heterocycles. The molecule has 1 unspecified atom stereocenters. The second-order valence-electron chi connectivity index (χ2n) is 8.91. The average Bonchev–Trinajstić information content (AvgIpc) is 3.52. The molecule has 5 rings (SSSR count). The molecule has 194 valence electrons. The van der Waals surface area contributed by atoms with E-state index in [2.05, 4.69) is 20.9 Å². The molecule has 3 aromatic rings. The van der Waals surface area contributed by atoms with Gasteiger partial charge in [-0.15, -0.1) is 0 Å². The first kappa shape index (κ1) is 25.6. The number of guanidine groups is 1. The standard InChI is InChI=1S/C27H23Cl2N5O4/c28-21-7-5-15(11-22(21)29)23(13-24(35)36)34-14-17-4-6-19(12-20(17)26(34)38)32-25(37)16-2-1-3-18(10-16)33-27-30-8-9-31-27/h1-7,10-12,23H,8-9,13-14H2,(H,32,37)(H,35,36)(H2,30,31,33). The third kappa shape index (κ3) is 5.44. The number of benzene rings is 3. The van der Waals surface area contributed by atoms with Gasteiger partial charge in [-0.05, 0) is 53.6 Å². The number of nitrogens with one attached hydrogen (secondary N) is 3. The van der Waals surface area contributed by atoms with Crippen molar-refractivity contribution in [1.82, 2.24) is 10.2 Å². The van der Waals surface area contributed by atoms with Crippen molar-refractivity contribution in [3.8, 4) is 0 Å². The molecule has 4 N–H and O–H groups in total. The number of carbonyl (C=O) groups is 3. The molecule has 2 heterocycles. The minimum atomic E-state index is -1.05. The number of nitrogens with zero attached hydrogens (tertiary/aromatic N) is 2. The molecule has 3 aromatic carbocycles. The van der Waals surface area contributed by atoms with Gasteiger partial charge in [0.2, 0.25) is 0 Å². The Balaban J connectivity index is 1.34. The van der Waals surface area contributed by atoms with Crippen molar-refractivity contribution in [2.24, 2.45) is 4.99 Å². The van der Waals surface area contributed by atoms with E-state index in [4.69, 9.17) is 23.2 Å². The maximum Gasteiger partial charge on any atom is 0.305 e. The number of aliphatic carboxylic acids is 1. The third-order valence-electron chi connectivity index (χ3n) is 6.33. The summed E-state index contributed by atoms with van der Waals surface area (Å²) in [6.45, 7) is 1.69. The van der Waals surface area contributed by atoms with Crippen molar-refractivity contribution in [1.29, 1.82) is 0 Å². The molecule has 0 spiro atoms. The normalized spacial score (nSPS) is 14.9. The Morgan fingerprint density at radius 2 is 1.89 bits per heavy atom. The van der Waals surface area contributed by atoms with E-state index in [1.807, 2.05) is 6.07 Å². The smallest absolute Gasteiger partial charge is 0.305 e. The number of fused-ring (bicyclic) bond motifs is 1. The van der Waals surface area contributed by atoms with Crippen molar-refractivity contribution >= 4 is 58.3 Å². The summed E-state index contributed by atoms with van der Waals surface area (Å²) in [4.78, 5) is 43.8. The molecule has 11 heteroatoms. The van der Waals surface area contributed by atoms with Gasteiger partial charge >= 0.3 is 5.97 Å². The lowest BCUT2D eigenvalue weighted by atomic mass is 10.0. The summed E-state index contributed by atoms with van der Waals surface area (Å²) in [6.07, 6.45) is -0.298. The maximum absolute atomic E-state index is 13.4. The fraction of sp³-hybridized carbons (Fsp3) is 0.185. The third-order valence-corrected chi connectivity index (χ3v) is 7.07. The van der Waals surface area contributed by atoms with Crippen LogP contribution in [0.3, 0.4) is 0 Å². The van der Waals surface area contributed by atoms with E-state index in [-0.39, 0.29) is 29.8 Å². The van der Waals surface area contributed by atoms with Gasteiger partial charge in [-0.3, -0.25) is 19.4 Å². The Morgan fingerprint density at radius 1 is 1.05 bits per heavy atom. The Hall–Kier alpha value is -4.08. The summed E-state index contributed by atoms with van der Waals surface area (Å²) in [6, 6.07) is 16.2. The predicted octanol–water partition coefficient (Wildman–Crippen LogP) is 4.79. The maximum atomic E-state index is 13.4. The number of anilines is 2. The number of carboxylic acids is 1. The van der Waals surface area contributed by atoms with E-state index in [1.165, 1.54) is 4.90 Å². The average molecular weight is 552 g/mol. The monoisotopic (exact) mass is 551 g/mol. The van der Waals surface area contributed by atoms with Crippen molar-refractivity contribution < 1.29 is 19.5 Å². The lowest BCUT2D eigenvalue weighted by molar-refractivity contribution is -0.138. The van der Waals surface area contributed by atoms with Crippen molar-refractivity contribution in [2.75, 3.05) is 23.7 Å². The molecule has 9 nitrogen and oxygen atoms in total. The van der Waals surface area contributed by atoms with Gasteiger partial charge in [0.25, 0.3) is 11.8 Å². The zero-order valence-electron chi connectivity index (χ0n) is 20.0. The van der Waals surface area contributed by atoms with E-state index >= 15 is 0 Å². The quantitative estimate of drug-likeness (QED) is 0.335. The van der Waals surface area contributed by atoms with Gasteiger partial charge in [-0.1, -0.05) is 41.4 Å². The number of carbonyl (C=O) groups excluding carboxylic acids is 2. The van der Waals surface area contributed by atoms with Crippen LogP contribution in [-0.4, -0.2) is 46.8 Å². The number of carboxylic acid groups (broad SMARTS) is 1. The van der Waals surface area contributed by atoms with Crippen molar-refractivity contribution in [3.63, 3.8) is 0 Å². The first-order valence-corrected chi connectivity index (χ1v) is 12.6. The topological polar surface area (TPSA) is 123 Å². The lowest BCUT2D eigenvalue weighted by Gasteiger charge is -2.27. The van der Waals surface area contributed by atoms with Crippen LogP contribution < -0.4 is 16.0 Å². The van der Waals surface area contributed by atoms with E-state index in [9.17, 15) is 19.5 Å². The summed E-state index contributed by atoms with van der Waals surface area (Å²) in [5.74, 6) is -1.06. The highest BCUT2D eigenvalue weighted by molar-refractivity contribution is 6.42. The fourth-order valence-electron chi connectivity index (χ4n) is 4.51. The second kappa shape index (κ2) is 10.7. The van der Waals surface area contributed by atoms with E-state index in [1.54, 1.807) is 54.6 Å². The molecular weight excluding hydrogens is 529 g/mol. The Bertz CT molecular complexity index is 1480. The number of hydrogen-bond donors (Lipinski definition) is 4. The van der Waals surface area contributed by atoms with Crippen LogP contribution in [0.5, 0.6) is 0 Å². The van der Waals surface area contributed by atoms with Crippen molar-refractivity contribution in [3.05, 3.63) is 93.0 Å².